The molecule has 0 aliphatic carbocycles. The zero-order chi connectivity index (χ0) is 12.6. The van der Waals surface area contributed by atoms with Crippen LogP contribution in [-0.2, 0) is 21.9 Å². The molecule has 1 fully saturated rings. The molecule has 2 rings (SSSR count). The van der Waals surface area contributed by atoms with Gasteiger partial charge in [-0.25, -0.2) is 8.42 Å². The van der Waals surface area contributed by atoms with Crippen LogP contribution in [0.25, 0.3) is 0 Å². The summed E-state index contributed by atoms with van der Waals surface area (Å²) in [6.45, 7) is 2.18. The van der Waals surface area contributed by atoms with Gasteiger partial charge in [-0.15, -0.1) is 0 Å². The number of amides is 1. The molecule has 0 radical (unpaired) electrons. The molecule has 1 aromatic heterocycles. The van der Waals surface area contributed by atoms with E-state index in [1.54, 1.807) is 14.0 Å². The average molecular weight is 258 g/mol. The topological polar surface area (TPSA) is 84.3 Å². The van der Waals surface area contributed by atoms with Crippen molar-refractivity contribution in [3.05, 3.63) is 12.3 Å². The normalized spacial score (nSPS) is 22.5. The monoisotopic (exact) mass is 258 g/mol. The molecule has 1 N–H and O–H groups in total. The molecule has 1 atom stereocenters. The molecule has 94 valence electrons. The van der Waals surface area contributed by atoms with Gasteiger partial charge in [0.1, 0.15) is 6.04 Å². The molecule has 17 heavy (non-hydrogen) atoms. The molecule has 1 amide bonds. The summed E-state index contributed by atoms with van der Waals surface area (Å²) in [5, 5.41) is 6.55. The number of carbonyl (C=O) groups is 1. The van der Waals surface area contributed by atoms with E-state index in [-0.39, 0.29) is 17.5 Å². The van der Waals surface area contributed by atoms with Gasteiger partial charge in [-0.1, -0.05) is 0 Å². The first-order valence-corrected chi connectivity index (χ1v) is 6.66. The van der Waals surface area contributed by atoms with Crippen LogP contribution >= 0.6 is 0 Å². The van der Waals surface area contributed by atoms with Crippen LogP contribution in [0.1, 0.15) is 6.92 Å². The van der Waals surface area contributed by atoms with Gasteiger partial charge in [0.25, 0.3) is 10.0 Å². The first kappa shape index (κ1) is 12.1. The summed E-state index contributed by atoms with van der Waals surface area (Å²) in [4.78, 5) is 11.5. The largest absolute Gasteiger partial charge is 0.353 e. The lowest BCUT2D eigenvalue weighted by molar-refractivity contribution is -0.126. The Kier molecular flexibility index (Phi) is 2.92. The lowest BCUT2D eigenvalue weighted by Gasteiger charge is -2.31. The molecule has 0 bridgehead atoms. The molecule has 0 spiro atoms. The van der Waals surface area contributed by atoms with E-state index in [0.29, 0.717) is 6.54 Å². The summed E-state index contributed by atoms with van der Waals surface area (Å²) in [5.41, 5.74) is 0. The quantitative estimate of drug-likeness (QED) is 0.732. The zero-order valence-corrected chi connectivity index (χ0v) is 10.4. The highest BCUT2D eigenvalue weighted by molar-refractivity contribution is 7.89. The van der Waals surface area contributed by atoms with Crippen molar-refractivity contribution >= 4 is 15.9 Å². The van der Waals surface area contributed by atoms with Gasteiger partial charge in [0.2, 0.25) is 5.91 Å². The fourth-order valence-corrected chi connectivity index (χ4v) is 3.52. The van der Waals surface area contributed by atoms with E-state index in [1.807, 2.05) is 0 Å². The second-order valence-electron chi connectivity index (χ2n) is 3.88. The maximum Gasteiger partial charge on any atom is 0.260 e. The first-order valence-electron chi connectivity index (χ1n) is 5.22. The van der Waals surface area contributed by atoms with Crippen molar-refractivity contribution in [3.8, 4) is 0 Å². The van der Waals surface area contributed by atoms with Crippen LogP contribution in [-0.4, -0.2) is 47.5 Å². The number of sulfonamides is 1. The molecule has 0 aromatic carbocycles. The molecule has 2 heterocycles. The van der Waals surface area contributed by atoms with Crippen LogP contribution in [0.2, 0.25) is 0 Å². The van der Waals surface area contributed by atoms with Gasteiger partial charge in [0.05, 0.1) is 6.20 Å². The third-order valence-electron chi connectivity index (χ3n) is 2.79. The number of aromatic nitrogens is 2. The Morgan fingerprint density at radius 2 is 2.24 bits per heavy atom. The summed E-state index contributed by atoms with van der Waals surface area (Å²) in [6, 6.07) is 0.734. The third-order valence-corrected chi connectivity index (χ3v) is 4.84. The Labute approximate surface area is 99.5 Å². The molecule has 1 aromatic rings. The number of nitrogens with one attached hydrogen (secondary N) is 1. The Bertz CT molecular complexity index is 536. The van der Waals surface area contributed by atoms with Crippen molar-refractivity contribution in [1.82, 2.24) is 19.4 Å². The second-order valence-corrected chi connectivity index (χ2v) is 5.71. The summed E-state index contributed by atoms with van der Waals surface area (Å²) in [7, 11) is -2.10. The summed E-state index contributed by atoms with van der Waals surface area (Å²) < 4.78 is 27.1. The van der Waals surface area contributed by atoms with E-state index >= 15 is 0 Å². The van der Waals surface area contributed by atoms with Crippen molar-refractivity contribution < 1.29 is 13.2 Å². The van der Waals surface area contributed by atoms with Crippen molar-refractivity contribution in [3.63, 3.8) is 0 Å². The molecular weight excluding hydrogens is 244 g/mol. The van der Waals surface area contributed by atoms with Crippen LogP contribution < -0.4 is 5.32 Å². The molecule has 1 saturated heterocycles. The Balaban J connectivity index is 2.39. The highest BCUT2D eigenvalue weighted by Gasteiger charge is 2.36. The number of rotatable bonds is 2. The van der Waals surface area contributed by atoms with E-state index in [0.717, 1.165) is 0 Å². The van der Waals surface area contributed by atoms with Crippen LogP contribution in [0.3, 0.4) is 0 Å². The van der Waals surface area contributed by atoms with E-state index in [2.05, 4.69) is 10.4 Å². The minimum atomic E-state index is -3.66. The molecule has 7 nitrogen and oxygen atoms in total. The Hall–Kier alpha value is -1.41. The summed E-state index contributed by atoms with van der Waals surface area (Å²) in [6.07, 6.45) is 1.42. The SMILES string of the molecule is CC1C(=O)NCCN1S(=O)(=O)c1ccnn1C. The van der Waals surface area contributed by atoms with Crippen LogP contribution in [0.15, 0.2) is 17.3 Å². The van der Waals surface area contributed by atoms with Crippen molar-refractivity contribution in [2.45, 2.75) is 18.0 Å². The fraction of sp³-hybridized carbons (Fsp3) is 0.556. The maximum absolute atomic E-state index is 12.3. The van der Waals surface area contributed by atoms with Gasteiger partial charge in [-0.3, -0.25) is 9.48 Å². The highest BCUT2D eigenvalue weighted by atomic mass is 32.2. The number of piperazine rings is 1. The van der Waals surface area contributed by atoms with Crippen molar-refractivity contribution in [1.29, 1.82) is 0 Å². The van der Waals surface area contributed by atoms with E-state index in [4.69, 9.17) is 0 Å². The Morgan fingerprint density at radius 1 is 1.53 bits per heavy atom. The van der Waals surface area contributed by atoms with Gasteiger partial charge in [-0.05, 0) is 13.0 Å². The molecule has 1 aliphatic heterocycles. The minimum absolute atomic E-state index is 0.0963. The number of aryl methyl sites for hydroxylation is 1. The highest BCUT2D eigenvalue weighted by Crippen LogP contribution is 2.18. The van der Waals surface area contributed by atoms with Crippen LogP contribution in [0.5, 0.6) is 0 Å². The zero-order valence-electron chi connectivity index (χ0n) is 9.62. The van der Waals surface area contributed by atoms with Crippen molar-refractivity contribution in [2.75, 3.05) is 13.1 Å². The number of hydrogen-bond acceptors (Lipinski definition) is 4. The van der Waals surface area contributed by atoms with Gasteiger partial charge in [-0.2, -0.15) is 9.40 Å². The van der Waals surface area contributed by atoms with Gasteiger partial charge in [0.15, 0.2) is 5.03 Å². The number of hydrogen-bond donors (Lipinski definition) is 1. The maximum atomic E-state index is 12.3. The van der Waals surface area contributed by atoms with Gasteiger partial charge < -0.3 is 5.32 Å². The fourth-order valence-electron chi connectivity index (χ4n) is 1.82. The van der Waals surface area contributed by atoms with Crippen molar-refractivity contribution in [2.24, 2.45) is 7.05 Å². The molecule has 0 saturated carbocycles. The summed E-state index contributed by atoms with van der Waals surface area (Å²) >= 11 is 0. The smallest absolute Gasteiger partial charge is 0.260 e. The van der Waals surface area contributed by atoms with E-state index < -0.39 is 16.1 Å². The van der Waals surface area contributed by atoms with Gasteiger partial charge in [0, 0.05) is 20.1 Å². The minimum Gasteiger partial charge on any atom is -0.353 e. The molecule has 1 aliphatic rings. The van der Waals surface area contributed by atoms with Crippen LogP contribution in [0, 0.1) is 0 Å². The predicted octanol–water partition coefficient (Wildman–Crippen LogP) is -1.07. The lowest BCUT2D eigenvalue weighted by atomic mass is 10.2. The predicted molar refractivity (Wildman–Crippen MR) is 59.6 cm³/mol. The average Bonchev–Trinajstić information content (AvgIpc) is 2.69. The standard InChI is InChI=1S/C9H14N4O3S/c1-7-9(14)10-5-6-13(7)17(15,16)8-3-4-11-12(8)2/h3-4,7H,5-6H2,1-2H3,(H,10,14). The third kappa shape index (κ3) is 1.93. The molecule has 8 heteroatoms. The van der Waals surface area contributed by atoms with Gasteiger partial charge >= 0.3 is 0 Å². The first-order chi connectivity index (χ1) is 7.94. The molecular formula is C9H14N4O3S. The van der Waals surface area contributed by atoms with E-state index in [1.165, 1.54) is 21.3 Å². The van der Waals surface area contributed by atoms with Crippen LogP contribution in [0.4, 0.5) is 0 Å². The van der Waals surface area contributed by atoms with E-state index in [9.17, 15) is 13.2 Å². The second kappa shape index (κ2) is 4.11. The summed E-state index contributed by atoms with van der Waals surface area (Å²) in [5.74, 6) is -0.276. The lowest BCUT2D eigenvalue weighted by Crippen LogP contribution is -2.55. The molecule has 1 unspecified atom stereocenters. The number of nitrogens with zero attached hydrogens (tertiary/aromatic N) is 3. The number of carbonyl (C=O) groups excluding carboxylic acids is 1. The Morgan fingerprint density at radius 3 is 2.82 bits per heavy atom.